The highest BCUT2D eigenvalue weighted by molar-refractivity contribution is 5.71. The minimum absolute atomic E-state index is 0.0825. The molecule has 0 radical (unpaired) electrons. The van der Waals surface area contributed by atoms with E-state index in [2.05, 4.69) is 6.92 Å². The van der Waals surface area contributed by atoms with Crippen molar-refractivity contribution in [2.45, 2.75) is 69.9 Å². The van der Waals surface area contributed by atoms with Crippen LogP contribution in [-0.2, 0) is 9.53 Å². The minimum Gasteiger partial charge on any atom is -0.462 e. The largest absolute Gasteiger partial charge is 0.462 e. The van der Waals surface area contributed by atoms with Crippen molar-refractivity contribution in [1.82, 2.24) is 0 Å². The van der Waals surface area contributed by atoms with E-state index in [0.717, 1.165) is 25.7 Å². The van der Waals surface area contributed by atoms with E-state index < -0.39 is 0 Å². The maximum absolute atomic E-state index is 11.8. The molecule has 2 aliphatic rings. The average Bonchev–Trinajstić information content (AvgIpc) is 2.19. The summed E-state index contributed by atoms with van der Waals surface area (Å²) in [5.74, 6) is 0.439. The van der Waals surface area contributed by atoms with E-state index in [9.17, 15) is 4.79 Å². The van der Waals surface area contributed by atoms with Gasteiger partial charge in [0.15, 0.2) is 0 Å². The van der Waals surface area contributed by atoms with E-state index in [1.54, 1.807) is 0 Å². The summed E-state index contributed by atoms with van der Waals surface area (Å²) in [4.78, 5) is 11.8. The molecule has 0 bridgehead atoms. The number of nitrogens with two attached hydrogens (primary N) is 1. The van der Waals surface area contributed by atoms with E-state index in [1.807, 2.05) is 0 Å². The van der Waals surface area contributed by atoms with E-state index in [1.165, 1.54) is 19.3 Å². The Morgan fingerprint density at radius 1 is 1.31 bits per heavy atom. The number of carbonyl (C=O) groups is 1. The van der Waals surface area contributed by atoms with Crippen LogP contribution in [0.1, 0.15) is 58.3 Å². The summed E-state index contributed by atoms with van der Waals surface area (Å²) in [6.45, 7) is 2.18. The van der Waals surface area contributed by atoms with Crippen molar-refractivity contribution in [2.24, 2.45) is 11.7 Å². The summed E-state index contributed by atoms with van der Waals surface area (Å²) in [5.41, 5.74) is 5.80. The topological polar surface area (TPSA) is 52.3 Å². The zero-order valence-corrected chi connectivity index (χ0v) is 10.2. The zero-order valence-electron chi connectivity index (χ0n) is 10.2. The fourth-order valence-corrected chi connectivity index (χ4v) is 2.76. The van der Waals surface area contributed by atoms with Crippen molar-refractivity contribution in [3.8, 4) is 0 Å². The molecule has 16 heavy (non-hydrogen) atoms. The minimum atomic E-state index is -0.241. The number of esters is 1. The summed E-state index contributed by atoms with van der Waals surface area (Å²) in [6.07, 6.45) is 8.34. The number of hydrogen-bond acceptors (Lipinski definition) is 3. The molecule has 92 valence electrons. The summed E-state index contributed by atoms with van der Waals surface area (Å²) in [5, 5.41) is 0. The maximum Gasteiger partial charge on any atom is 0.307 e. The predicted molar refractivity (Wildman–Crippen MR) is 62.9 cm³/mol. The molecule has 2 N–H and O–H groups in total. The molecule has 0 aromatic rings. The molecule has 0 spiro atoms. The summed E-state index contributed by atoms with van der Waals surface area (Å²) in [6, 6.07) is 0. The molecule has 0 amide bonds. The Hall–Kier alpha value is -0.570. The van der Waals surface area contributed by atoms with Crippen LogP contribution in [0.2, 0.25) is 0 Å². The van der Waals surface area contributed by atoms with Gasteiger partial charge >= 0.3 is 5.97 Å². The molecule has 2 unspecified atom stereocenters. The third kappa shape index (κ3) is 2.76. The van der Waals surface area contributed by atoms with E-state index in [4.69, 9.17) is 10.5 Å². The normalized spacial score (nSPS) is 32.9. The van der Waals surface area contributed by atoms with Crippen LogP contribution < -0.4 is 5.73 Å². The van der Waals surface area contributed by atoms with Gasteiger partial charge in [0, 0.05) is 5.54 Å². The molecule has 2 atom stereocenters. The van der Waals surface area contributed by atoms with Gasteiger partial charge in [-0.3, -0.25) is 4.79 Å². The summed E-state index contributed by atoms with van der Waals surface area (Å²) < 4.78 is 5.56. The fraction of sp³-hybridized carbons (Fsp3) is 0.923. The maximum atomic E-state index is 11.8. The molecule has 2 aliphatic carbocycles. The van der Waals surface area contributed by atoms with Crippen molar-refractivity contribution in [3.05, 3.63) is 0 Å². The lowest BCUT2D eigenvalue weighted by atomic mass is 9.75. The Morgan fingerprint density at radius 2 is 2.00 bits per heavy atom. The van der Waals surface area contributed by atoms with Crippen LogP contribution in [-0.4, -0.2) is 17.6 Å². The molecule has 0 saturated heterocycles. The van der Waals surface area contributed by atoms with Crippen molar-refractivity contribution >= 4 is 5.97 Å². The van der Waals surface area contributed by atoms with E-state index >= 15 is 0 Å². The van der Waals surface area contributed by atoms with Crippen LogP contribution in [0.5, 0.6) is 0 Å². The van der Waals surface area contributed by atoms with Gasteiger partial charge in [0.1, 0.15) is 6.10 Å². The van der Waals surface area contributed by atoms with Gasteiger partial charge in [-0.15, -0.1) is 0 Å². The summed E-state index contributed by atoms with van der Waals surface area (Å²) >= 11 is 0. The molecule has 3 heteroatoms. The molecule has 3 nitrogen and oxygen atoms in total. The Balaban J connectivity index is 1.77. The Labute approximate surface area is 97.7 Å². The lowest BCUT2D eigenvalue weighted by Crippen LogP contribution is -2.48. The van der Waals surface area contributed by atoms with Gasteiger partial charge in [-0.05, 0) is 44.4 Å². The Kier molecular flexibility index (Phi) is 3.53. The molecule has 0 aromatic carbocycles. The Morgan fingerprint density at radius 3 is 2.56 bits per heavy atom. The highest BCUT2D eigenvalue weighted by Crippen LogP contribution is 2.33. The average molecular weight is 225 g/mol. The number of rotatable bonds is 3. The first-order valence-electron chi connectivity index (χ1n) is 6.57. The van der Waals surface area contributed by atoms with E-state index in [-0.39, 0.29) is 17.6 Å². The zero-order chi connectivity index (χ0) is 11.6. The molecule has 0 heterocycles. The second-order valence-electron chi connectivity index (χ2n) is 5.68. The monoisotopic (exact) mass is 225 g/mol. The molecular formula is C13H23NO2. The predicted octanol–water partition coefficient (Wildman–Crippen LogP) is 2.38. The highest BCUT2D eigenvalue weighted by Gasteiger charge is 2.36. The Bertz CT molecular complexity index is 261. The second kappa shape index (κ2) is 4.74. The van der Waals surface area contributed by atoms with Crippen LogP contribution in [0.25, 0.3) is 0 Å². The van der Waals surface area contributed by atoms with Crippen molar-refractivity contribution in [1.29, 1.82) is 0 Å². The molecule has 0 aliphatic heterocycles. The van der Waals surface area contributed by atoms with Gasteiger partial charge in [0.2, 0.25) is 0 Å². The number of carbonyl (C=O) groups excluding carboxylic acids is 1. The molecule has 0 aromatic heterocycles. The lowest BCUT2D eigenvalue weighted by molar-refractivity contribution is -0.155. The van der Waals surface area contributed by atoms with E-state index in [0.29, 0.717) is 12.3 Å². The second-order valence-corrected chi connectivity index (χ2v) is 5.68. The van der Waals surface area contributed by atoms with Gasteiger partial charge in [0.25, 0.3) is 0 Å². The fourth-order valence-electron chi connectivity index (χ4n) is 2.76. The van der Waals surface area contributed by atoms with Crippen molar-refractivity contribution < 1.29 is 9.53 Å². The number of hydrogen-bond donors (Lipinski definition) is 1. The van der Waals surface area contributed by atoms with Crippen molar-refractivity contribution in [3.63, 3.8) is 0 Å². The molecular weight excluding hydrogens is 202 g/mol. The van der Waals surface area contributed by atoms with Gasteiger partial charge in [-0.2, -0.15) is 0 Å². The quantitative estimate of drug-likeness (QED) is 0.750. The lowest BCUT2D eigenvalue weighted by Gasteiger charge is -2.38. The third-order valence-electron chi connectivity index (χ3n) is 4.16. The van der Waals surface area contributed by atoms with Gasteiger partial charge in [-0.25, -0.2) is 0 Å². The van der Waals surface area contributed by atoms with Crippen LogP contribution in [0, 0.1) is 5.92 Å². The smallest absolute Gasteiger partial charge is 0.307 e. The highest BCUT2D eigenvalue weighted by atomic mass is 16.5. The van der Waals surface area contributed by atoms with Crippen LogP contribution >= 0.6 is 0 Å². The van der Waals surface area contributed by atoms with Crippen LogP contribution in [0.3, 0.4) is 0 Å². The molecule has 2 saturated carbocycles. The SMILES string of the molecule is CC1CCCCC1OC(=O)CC1(N)CCC1. The van der Waals surface area contributed by atoms with Crippen molar-refractivity contribution in [2.75, 3.05) is 0 Å². The first-order chi connectivity index (χ1) is 7.59. The van der Waals surface area contributed by atoms with Gasteiger partial charge in [0.05, 0.1) is 6.42 Å². The third-order valence-corrected chi connectivity index (χ3v) is 4.16. The van der Waals surface area contributed by atoms with Crippen LogP contribution in [0.15, 0.2) is 0 Å². The van der Waals surface area contributed by atoms with Gasteiger partial charge in [-0.1, -0.05) is 13.3 Å². The first-order valence-corrected chi connectivity index (χ1v) is 6.57. The van der Waals surface area contributed by atoms with Gasteiger partial charge < -0.3 is 10.5 Å². The summed E-state index contributed by atoms with van der Waals surface area (Å²) in [7, 11) is 0. The standard InChI is InChI=1S/C13H23NO2/c1-10-5-2-3-6-11(10)16-12(15)9-13(14)7-4-8-13/h10-11H,2-9,14H2,1H3. The number of ether oxygens (including phenoxy) is 1. The first kappa shape index (κ1) is 11.9. The van der Waals surface area contributed by atoms with Crippen LogP contribution in [0.4, 0.5) is 0 Å². The molecule has 2 fully saturated rings. The molecule has 2 rings (SSSR count).